The summed E-state index contributed by atoms with van der Waals surface area (Å²) in [6.45, 7) is 6.71. The molecule has 0 bridgehead atoms. The standard InChI is InChI=1S/C16H18O6/c1-4-6-13(21-15(19)10(2)3)16(20)22-14-11(9-17)7-5-8-12(14)18/h5,7-9,13,18H,2,4,6H2,1,3H3. The van der Waals surface area contributed by atoms with Crippen molar-refractivity contribution in [3.8, 4) is 11.5 Å². The third-order valence-corrected chi connectivity index (χ3v) is 2.77. The fraction of sp³-hybridized carbons (Fsp3) is 0.312. The first kappa shape index (κ1) is 17.4. The second-order valence-corrected chi connectivity index (χ2v) is 4.70. The minimum Gasteiger partial charge on any atom is -0.504 e. The maximum Gasteiger partial charge on any atom is 0.353 e. The number of benzene rings is 1. The molecule has 1 aromatic rings. The number of aldehydes is 1. The van der Waals surface area contributed by atoms with Gasteiger partial charge in [-0.3, -0.25) is 4.79 Å². The van der Waals surface area contributed by atoms with Crippen LogP contribution in [-0.4, -0.2) is 29.4 Å². The predicted octanol–water partition coefficient (Wildman–Crippen LogP) is 2.40. The summed E-state index contributed by atoms with van der Waals surface area (Å²) in [6, 6.07) is 4.12. The average molecular weight is 306 g/mol. The second kappa shape index (κ2) is 7.97. The van der Waals surface area contributed by atoms with E-state index < -0.39 is 18.0 Å². The molecule has 0 aliphatic carbocycles. The molecule has 1 rings (SSSR count). The number of hydrogen-bond donors (Lipinski definition) is 1. The highest BCUT2D eigenvalue weighted by Crippen LogP contribution is 2.29. The molecule has 0 aliphatic rings. The highest BCUT2D eigenvalue weighted by molar-refractivity contribution is 5.90. The summed E-state index contributed by atoms with van der Waals surface area (Å²) < 4.78 is 10.1. The Labute approximate surface area is 128 Å². The Morgan fingerprint density at radius 3 is 2.64 bits per heavy atom. The number of carbonyl (C=O) groups excluding carboxylic acids is 3. The maximum atomic E-state index is 12.1. The number of carbonyl (C=O) groups is 3. The summed E-state index contributed by atoms with van der Waals surface area (Å²) in [5.41, 5.74) is 0.180. The van der Waals surface area contributed by atoms with Crippen molar-refractivity contribution in [2.24, 2.45) is 0 Å². The second-order valence-electron chi connectivity index (χ2n) is 4.70. The lowest BCUT2D eigenvalue weighted by Gasteiger charge is -2.17. The summed E-state index contributed by atoms with van der Waals surface area (Å²) in [7, 11) is 0. The summed E-state index contributed by atoms with van der Waals surface area (Å²) in [6.07, 6.45) is 0.150. The molecule has 6 heteroatoms. The first-order valence-electron chi connectivity index (χ1n) is 6.76. The van der Waals surface area contributed by atoms with E-state index in [0.29, 0.717) is 12.7 Å². The Hall–Kier alpha value is -2.63. The van der Waals surface area contributed by atoms with Crippen LogP contribution < -0.4 is 4.74 Å². The summed E-state index contributed by atoms with van der Waals surface area (Å²) >= 11 is 0. The Bertz CT molecular complexity index is 590. The Kier molecular flexibility index (Phi) is 6.31. The lowest BCUT2D eigenvalue weighted by Crippen LogP contribution is -2.31. The average Bonchev–Trinajstić information content (AvgIpc) is 2.48. The molecule has 0 aromatic heterocycles. The van der Waals surface area contributed by atoms with Crippen LogP contribution in [0.3, 0.4) is 0 Å². The lowest BCUT2D eigenvalue weighted by atomic mass is 10.2. The van der Waals surface area contributed by atoms with E-state index in [1.165, 1.54) is 25.1 Å². The molecule has 0 saturated carbocycles. The Morgan fingerprint density at radius 1 is 1.41 bits per heavy atom. The van der Waals surface area contributed by atoms with Crippen molar-refractivity contribution >= 4 is 18.2 Å². The number of esters is 2. The van der Waals surface area contributed by atoms with Gasteiger partial charge in [-0.1, -0.05) is 26.0 Å². The third kappa shape index (κ3) is 4.44. The molecule has 1 N–H and O–H groups in total. The van der Waals surface area contributed by atoms with E-state index in [2.05, 4.69) is 6.58 Å². The van der Waals surface area contributed by atoms with Crippen molar-refractivity contribution in [2.75, 3.05) is 0 Å². The number of hydrogen-bond acceptors (Lipinski definition) is 6. The largest absolute Gasteiger partial charge is 0.504 e. The summed E-state index contributed by atoms with van der Waals surface area (Å²) in [5, 5.41) is 9.70. The fourth-order valence-electron chi connectivity index (χ4n) is 1.63. The first-order valence-corrected chi connectivity index (χ1v) is 6.76. The molecular formula is C16H18O6. The van der Waals surface area contributed by atoms with E-state index in [1.807, 2.05) is 6.92 Å². The van der Waals surface area contributed by atoms with Gasteiger partial charge in [0.05, 0.1) is 5.56 Å². The molecule has 1 atom stereocenters. The van der Waals surface area contributed by atoms with Crippen molar-refractivity contribution in [2.45, 2.75) is 32.8 Å². The third-order valence-electron chi connectivity index (χ3n) is 2.77. The van der Waals surface area contributed by atoms with E-state index in [-0.39, 0.29) is 29.1 Å². The molecule has 0 heterocycles. The zero-order valence-electron chi connectivity index (χ0n) is 12.5. The van der Waals surface area contributed by atoms with Gasteiger partial charge >= 0.3 is 11.9 Å². The number of aromatic hydroxyl groups is 1. The quantitative estimate of drug-likeness (QED) is 0.360. The van der Waals surface area contributed by atoms with E-state index >= 15 is 0 Å². The highest BCUT2D eigenvalue weighted by atomic mass is 16.6. The van der Waals surface area contributed by atoms with Gasteiger partial charge < -0.3 is 14.6 Å². The van der Waals surface area contributed by atoms with E-state index in [1.54, 1.807) is 0 Å². The molecule has 0 fully saturated rings. The van der Waals surface area contributed by atoms with Gasteiger partial charge in [-0.2, -0.15) is 0 Å². The Morgan fingerprint density at radius 2 is 2.09 bits per heavy atom. The van der Waals surface area contributed by atoms with Gasteiger partial charge in [-0.05, 0) is 25.5 Å². The lowest BCUT2D eigenvalue weighted by molar-refractivity contribution is -0.160. The van der Waals surface area contributed by atoms with Crippen LogP contribution in [0, 0.1) is 0 Å². The normalized spacial score (nSPS) is 11.4. The van der Waals surface area contributed by atoms with Crippen molar-refractivity contribution in [3.63, 3.8) is 0 Å². The molecule has 0 amide bonds. The van der Waals surface area contributed by atoms with Gasteiger partial charge in [0.25, 0.3) is 0 Å². The van der Waals surface area contributed by atoms with Crippen LogP contribution in [0.2, 0.25) is 0 Å². The SMILES string of the molecule is C=C(C)C(=O)OC(CCC)C(=O)Oc1c(O)cccc1C=O. The van der Waals surface area contributed by atoms with Gasteiger partial charge in [0.15, 0.2) is 23.9 Å². The molecule has 0 saturated heterocycles. The molecule has 1 aromatic carbocycles. The minimum atomic E-state index is -1.13. The molecule has 6 nitrogen and oxygen atoms in total. The topological polar surface area (TPSA) is 89.9 Å². The van der Waals surface area contributed by atoms with Gasteiger partial charge in [0, 0.05) is 5.57 Å². The van der Waals surface area contributed by atoms with Crippen molar-refractivity contribution in [3.05, 3.63) is 35.9 Å². The predicted molar refractivity (Wildman–Crippen MR) is 78.7 cm³/mol. The number of ether oxygens (including phenoxy) is 2. The number of phenolic OH excluding ortho intramolecular Hbond substituents is 1. The molecule has 1 unspecified atom stereocenters. The maximum absolute atomic E-state index is 12.1. The van der Waals surface area contributed by atoms with Crippen LogP contribution >= 0.6 is 0 Å². The van der Waals surface area contributed by atoms with E-state index in [0.717, 1.165) is 0 Å². The highest BCUT2D eigenvalue weighted by Gasteiger charge is 2.26. The molecule has 0 spiro atoms. The minimum absolute atomic E-state index is 0.0230. The van der Waals surface area contributed by atoms with Crippen molar-refractivity contribution < 1.29 is 29.0 Å². The van der Waals surface area contributed by atoms with E-state index in [4.69, 9.17) is 9.47 Å². The van der Waals surface area contributed by atoms with Gasteiger partial charge in [-0.25, -0.2) is 9.59 Å². The number of rotatable bonds is 7. The van der Waals surface area contributed by atoms with Crippen molar-refractivity contribution in [1.29, 1.82) is 0 Å². The molecule has 0 radical (unpaired) electrons. The van der Waals surface area contributed by atoms with Gasteiger partial charge in [-0.15, -0.1) is 0 Å². The van der Waals surface area contributed by atoms with Crippen LogP contribution in [0.5, 0.6) is 11.5 Å². The number of phenols is 1. The van der Waals surface area contributed by atoms with Gasteiger partial charge in [0.1, 0.15) is 0 Å². The van der Waals surface area contributed by atoms with Crippen LogP contribution in [0.4, 0.5) is 0 Å². The van der Waals surface area contributed by atoms with Crippen LogP contribution in [0.1, 0.15) is 37.0 Å². The Balaban J connectivity index is 2.94. The van der Waals surface area contributed by atoms with Crippen LogP contribution in [-0.2, 0) is 14.3 Å². The molecule has 0 aliphatic heterocycles. The first-order chi connectivity index (χ1) is 10.4. The number of para-hydroxylation sites is 1. The smallest absolute Gasteiger partial charge is 0.353 e. The van der Waals surface area contributed by atoms with Gasteiger partial charge in [0.2, 0.25) is 0 Å². The zero-order valence-corrected chi connectivity index (χ0v) is 12.5. The monoisotopic (exact) mass is 306 g/mol. The van der Waals surface area contributed by atoms with Crippen LogP contribution in [0.25, 0.3) is 0 Å². The van der Waals surface area contributed by atoms with Crippen LogP contribution in [0.15, 0.2) is 30.4 Å². The molecule has 22 heavy (non-hydrogen) atoms. The summed E-state index contributed by atoms with van der Waals surface area (Å²) in [4.78, 5) is 34.6. The molecular weight excluding hydrogens is 288 g/mol. The zero-order chi connectivity index (χ0) is 16.7. The fourth-order valence-corrected chi connectivity index (χ4v) is 1.63. The van der Waals surface area contributed by atoms with Crippen molar-refractivity contribution in [1.82, 2.24) is 0 Å². The molecule has 118 valence electrons. The van der Waals surface area contributed by atoms with E-state index in [9.17, 15) is 19.5 Å². The summed E-state index contributed by atoms with van der Waals surface area (Å²) in [5.74, 6) is -2.17.